The lowest BCUT2D eigenvalue weighted by molar-refractivity contribution is -0.137. The first-order chi connectivity index (χ1) is 9.43. The molecular weight excluding hydrogens is 268 g/mol. The van der Waals surface area contributed by atoms with Crippen LogP contribution in [0, 0.1) is 5.92 Å². The minimum atomic E-state index is -0.515. The van der Waals surface area contributed by atoms with Gasteiger partial charge in [-0.15, -0.1) is 0 Å². The molecule has 1 unspecified atom stereocenters. The van der Waals surface area contributed by atoms with Gasteiger partial charge in [0.2, 0.25) is 5.91 Å². The first-order valence-electron chi connectivity index (χ1n) is 7.07. The molecule has 1 aliphatic rings. The standard InChI is InChI=1S/C16H22N2OS/c1-16(2,13-8-4-3-5-9-13)15(19)18-10-6-7-12(11-18)14(17)20/h3-5,8-9,12H,6-7,10-11H2,1-2H3,(H2,17,20). The Kier molecular flexibility index (Phi) is 4.43. The summed E-state index contributed by atoms with van der Waals surface area (Å²) in [6, 6.07) is 9.92. The molecule has 1 amide bonds. The van der Waals surface area contributed by atoms with E-state index in [1.54, 1.807) is 0 Å². The van der Waals surface area contributed by atoms with Crippen molar-refractivity contribution in [2.45, 2.75) is 32.1 Å². The van der Waals surface area contributed by atoms with Crippen LogP contribution in [-0.4, -0.2) is 28.9 Å². The number of carbonyl (C=O) groups excluding carboxylic acids is 1. The van der Waals surface area contributed by atoms with Gasteiger partial charge in [-0.3, -0.25) is 4.79 Å². The number of amides is 1. The van der Waals surface area contributed by atoms with Crippen molar-refractivity contribution in [1.29, 1.82) is 0 Å². The van der Waals surface area contributed by atoms with E-state index in [2.05, 4.69) is 0 Å². The topological polar surface area (TPSA) is 46.3 Å². The van der Waals surface area contributed by atoms with E-state index in [0.29, 0.717) is 11.5 Å². The molecule has 3 nitrogen and oxygen atoms in total. The van der Waals surface area contributed by atoms with Crippen molar-refractivity contribution in [1.82, 2.24) is 4.90 Å². The second kappa shape index (κ2) is 5.92. The Bertz CT molecular complexity index is 498. The summed E-state index contributed by atoms with van der Waals surface area (Å²) in [5.74, 6) is 0.318. The summed E-state index contributed by atoms with van der Waals surface area (Å²) in [6.07, 6.45) is 1.96. The third kappa shape index (κ3) is 3.01. The molecule has 1 atom stereocenters. The molecule has 2 N–H and O–H groups in total. The summed E-state index contributed by atoms with van der Waals surface area (Å²) in [5.41, 5.74) is 6.27. The number of piperidine rings is 1. The molecule has 0 saturated carbocycles. The van der Waals surface area contributed by atoms with Crippen LogP contribution in [0.3, 0.4) is 0 Å². The van der Waals surface area contributed by atoms with Crippen molar-refractivity contribution >= 4 is 23.1 Å². The van der Waals surface area contributed by atoms with E-state index in [1.165, 1.54) is 0 Å². The number of likely N-dealkylation sites (tertiary alicyclic amines) is 1. The predicted octanol–water partition coefficient (Wildman–Crippen LogP) is 2.49. The van der Waals surface area contributed by atoms with Crippen LogP contribution in [0.4, 0.5) is 0 Å². The molecule has 1 aromatic rings. The van der Waals surface area contributed by atoms with Gasteiger partial charge in [-0.05, 0) is 32.3 Å². The number of hydrogen-bond acceptors (Lipinski definition) is 2. The Morgan fingerprint density at radius 1 is 1.35 bits per heavy atom. The highest BCUT2D eigenvalue weighted by atomic mass is 32.1. The van der Waals surface area contributed by atoms with Gasteiger partial charge in [0, 0.05) is 19.0 Å². The number of nitrogens with zero attached hydrogens (tertiary/aromatic N) is 1. The first kappa shape index (κ1) is 15.0. The maximum atomic E-state index is 12.8. The molecule has 20 heavy (non-hydrogen) atoms. The highest BCUT2D eigenvalue weighted by Crippen LogP contribution is 2.28. The van der Waals surface area contributed by atoms with E-state index >= 15 is 0 Å². The van der Waals surface area contributed by atoms with E-state index in [9.17, 15) is 4.79 Å². The van der Waals surface area contributed by atoms with Crippen molar-refractivity contribution in [3.8, 4) is 0 Å². The lowest BCUT2D eigenvalue weighted by Gasteiger charge is -2.37. The lowest BCUT2D eigenvalue weighted by Crippen LogP contribution is -2.49. The Labute approximate surface area is 126 Å². The molecule has 0 aromatic heterocycles. The van der Waals surface area contributed by atoms with Crippen LogP contribution in [0.2, 0.25) is 0 Å². The van der Waals surface area contributed by atoms with Gasteiger partial charge in [0.1, 0.15) is 0 Å². The zero-order chi connectivity index (χ0) is 14.8. The van der Waals surface area contributed by atoms with Crippen LogP contribution in [0.5, 0.6) is 0 Å². The fourth-order valence-electron chi connectivity index (χ4n) is 2.77. The number of rotatable bonds is 3. The minimum absolute atomic E-state index is 0.157. The molecule has 0 bridgehead atoms. The highest BCUT2D eigenvalue weighted by Gasteiger charge is 2.36. The van der Waals surface area contributed by atoms with Crippen LogP contribution in [-0.2, 0) is 10.2 Å². The summed E-state index contributed by atoms with van der Waals surface area (Å²) >= 11 is 5.08. The third-order valence-electron chi connectivity index (χ3n) is 4.14. The van der Waals surface area contributed by atoms with Crippen LogP contribution in [0.25, 0.3) is 0 Å². The van der Waals surface area contributed by atoms with Crippen LogP contribution < -0.4 is 5.73 Å². The molecule has 1 saturated heterocycles. The Morgan fingerprint density at radius 2 is 2.00 bits per heavy atom. The number of carbonyl (C=O) groups is 1. The van der Waals surface area contributed by atoms with Crippen molar-refractivity contribution < 1.29 is 4.79 Å². The average molecular weight is 290 g/mol. The molecule has 1 fully saturated rings. The normalized spacial score (nSPS) is 19.7. The van der Waals surface area contributed by atoms with Gasteiger partial charge in [0.15, 0.2) is 0 Å². The Morgan fingerprint density at radius 3 is 2.60 bits per heavy atom. The molecule has 0 aliphatic carbocycles. The van der Waals surface area contributed by atoms with Gasteiger partial charge < -0.3 is 10.6 Å². The average Bonchev–Trinajstić information content (AvgIpc) is 2.47. The molecule has 1 heterocycles. The van der Waals surface area contributed by atoms with Crippen LogP contribution in [0.15, 0.2) is 30.3 Å². The quantitative estimate of drug-likeness (QED) is 0.870. The Hall–Kier alpha value is -1.42. The van der Waals surface area contributed by atoms with Gasteiger partial charge in [0.25, 0.3) is 0 Å². The summed E-state index contributed by atoms with van der Waals surface area (Å²) in [6.45, 7) is 5.42. The third-order valence-corrected chi connectivity index (χ3v) is 4.47. The highest BCUT2D eigenvalue weighted by molar-refractivity contribution is 7.80. The van der Waals surface area contributed by atoms with Crippen LogP contribution >= 0.6 is 12.2 Å². The van der Waals surface area contributed by atoms with Gasteiger partial charge >= 0.3 is 0 Å². The summed E-state index contributed by atoms with van der Waals surface area (Å²) in [5, 5.41) is 0. The van der Waals surface area contributed by atoms with Crippen molar-refractivity contribution in [3.63, 3.8) is 0 Å². The first-order valence-corrected chi connectivity index (χ1v) is 7.48. The maximum Gasteiger partial charge on any atom is 0.232 e. The zero-order valence-corrected chi connectivity index (χ0v) is 13.0. The van der Waals surface area contributed by atoms with Crippen molar-refractivity contribution in [3.05, 3.63) is 35.9 Å². The summed E-state index contributed by atoms with van der Waals surface area (Å²) < 4.78 is 0. The van der Waals surface area contributed by atoms with E-state index in [1.807, 2.05) is 49.1 Å². The monoisotopic (exact) mass is 290 g/mol. The van der Waals surface area contributed by atoms with Crippen molar-refractivity contribution in [2.75, 3.05) is 13.1 Å². The van der Waals surface area contributed by atoms with Gasteiger partial charge in [-0.1, -0.05) is 42.5 Å². The maximum absolute atomic E-state index is 12.8. The molecule has 108 valence electrons. The van der Waals surface area contributed by atoms with E-state index in [0.717, 1.165) is 24.9 Å². The van der Waals surface area contributed by atoms with Gasteiger partial charge in [-0.2, -0.15) is 0 Å². The fraction of sp³-hybridized carbons (Fsp3) is 0.500. The Balaban J connectivity index is 2.16. The van der Waals surface area contributed by atoms with E-state index in [-0.39, 0.29) is 11.8 Å². The van der Waals surface area contributed by atoms with E-state index < -0.39 is 5.41 Å². The summed E-state index contributed by atoms with van der Waals surface area (Å²) in [4.78, 5) is 15.3. The molecule has 1 aromatic carbocycles. The van der Waals surface area contributed by atoms with Gasteiger partial charge in [-0.25, -0.2) is 0 Å². The predicted molar refractivity (Wildman–Crippen MR) is 85.6 cm³/mol. The molecule has 2 rings (SSSR count). The fourth-order valence-corrected chi connectivity index (χ4v) is 2.96. The number of nitrogens with two attached hydrogens (primary N) is 1. The van der Waals surface area contributed by atoms with Gasteiger partial charge in [0.05, 0.1) is 10.4 Å². The lowest BCUT2D eigenvalue weighted by atomic mass is 9.82. The van der Waals surface area contributed by atoms with Crippen LogP contribution in [0.1, 0.15) is 32.3 Å². The van der Waals surface area contributed by atoms with Crippen molar-refractivity contribution in [2.24, 2.45) is 11.7 Å². The SMILES string of the molecule is CC(C)(C(=O)N1CCCC(C(N)=S)C1)c1ccccc1. The minimum Gasteiger partial charge on any atom is -0.393 e. The summed E-state index contributed by atoms with van der Waals surface area (Å²) in [7, 11) is 0. The number of benzene rings is 1. The molecule has 0 radical (unpaired) electrons. The smallest absolute Gasteiger partial charge is 0.232 e. The molecule has 4 heteroatoms. The molecule has 1 aliphatic heterocycles. The van der Waals surface area contributed by atoms with E-state index in [4.69, 9.17) is 18.0 Å². The second-order valence-electron chi connectivity index (χ2n) is 5.98. The number of hydrogen-bond donors (Lipinski definition) is 1. The largest absolute Gasteiger partial charge is 0.393 e. The molecule has 0 spiro atoms. The molecular formula is C16H22N2OS. The number of thiocarbonyl (C=S) groups is 1. The zero-order valence-electron chi connectivity index (χ0n) is 12.1. The second-order valence-corrected chi connectivity index (χ2v) is 6.46.